The first-order chi connectivity index (χ1) is 9.63. The summed E-state index contributed by atoms with van der Waals surface area (Å²) in [6.07, 6.45) is 1.52. The van der Waals surface area contributed by atoms with Crippen molar-refractivity contribution in [2.75, 3.05) is 12.4 Å². The van der Waals surface area contributed by atoms with Crippen LogP contribution in [0.15, 0.2) is 36.5 Å². The van der Waals surface area contributed by atoms with Gasteiger partial charge in [0.15, 0.2) is 0 Å². The van der Waals surface area contributed by atoms with Crippen molar-refractivity contribution >= 4 is 17.3 Å². The Balaban J connectivity index is 2.30. The lowest BCUT2D eigenvalue weighted by atomic mass is 10.1. The lowest BCUT2D eigenvalue weighted by molar-refractivity contribution is 0.0693. The lowest BCUT2D eigenvalue weighted by Crippen LogP contribution is -2.01. The number of methoxy groups -OCH3 is 1. The molecule has 1 aromatic heterocycles. The molecule has 6 heteroatoms. The molecule has 1 heterocycles. The van der Waals surface area contributed by atoms with Crippen LogP contribution < -0.4 is 10.1 Å². The van der Waals surface area contributed by atoms with Gasteiger partial charge in [0.1, 0.15) is 23.1 Å². The van der Waals surface area contributed by atoms with Crippen molar-refractivity contribution in [3.05, 3.63) is 47.8 Å². The van der Waals surface area contributed by atoms with Crippen LogP contribution in [0.1, 0.15) is 16.1 Å². The topological polar surface area (TPSA) is 95.2 Å². The average molecular weight is 269 g/mol. The first-order valence-corrected chi connectivity index (χ1v) is 5.68. The Labute approximate surface area is 115 Å². The number of ether oxygens (including phenoxy) is 1. The molecule has 0 bridgehead atoms. The average Bonchev–Trinajstić information content (AvgIpc) is 2.47. The van der Waals surface area contributed by atoms with Crippen LogP contribution in [0.25, 0.3) is 0 Å². The lowest BCUT2D eigenvalue weighted by Gasteiger charge is -2.10. The zero-order valence-electron chi connectivity index (χ0n) is 10.6. The Hall–Kier alpha value is -3.07. The van der Waals surface area contributed by atoms with Gasteiger partial charge in [0, 0.05) is 23.6 Å². The minimum Gasteiger partial charge on any atom is -0.496 e. The molecule has 0 saturated carbocycles. The standard InChI is InChI=1S/C14H11N3O3/c1-20-13-7-9(2-3-12(13)14(18)19)17-10-4-5-16-11(6-10)8-15/h2-7H,1H3,(H,16,17)(H,18,19). The summed E-state index contributed by atoms with van der Waals surface area (Å²) in [5.74, 6) is -0.791. The molecule has 1 aromatic carbocycles. The van der Waals surface area contributed by atoms with Crippen LogP contribution in [0, 0.1) is 11.3 Å². The summed E-state index contributed by atoms with van der Waals surface area (Å²) < 4.78 is 5.04. The largest absolute Gasteiger partial charge is 0.496 e. The van der Waals surface area contributed by atoms with E-state index in [4.69, 9.17) is 15.1 Å². The number of nitriles is 1. The van der Waals surface area contributed by atoms with Gasteiger partial charge in [-0.3, -0.25) is 0 Å². The summed E-state index contributed by atoms with van der Waals surface area (Å²) in [5.41, 5.74) is 1.72. The van der Waals surface area contributed by atoms with E-state index in [0.717, 1.165) is 0 Å². The van der Waals surface area contributed by atoms with E-state index in [1.807, 2.05) is 6.07 Å². The van der Waals surface area contributed by atoms with Gasteiger partial charge in [0.25, 0.3) is 0 Å². The Morgan fingerprint density at radius 1 is 1.35 bits per heavy atom. The van der Waals surface area contributed by atoms with Crippen molar-refractivity contribution in [3.8, 4) is 11.8 Å². The van der Waals surface area contributed by atoms with Gasteiger partial charge >= 0.3 is 5.97 Å². The number of carboxylic acids is 1. The van der Waals surface area contributed by atoms with Crippen molar-refractivity contribution in [1.29, 1.82) is 5.26 Å². The molecule has 0 atom stereocenters. The van der Waals surface area contributed by atoms with E-state index in [9.17, 15) is 4.79 Å². The van der Waals surface area contributed by atoms with Gasteiger partial charge in [-0.1, -0.05) is 0 Å². The molecular formula is C14H11N3O3. The van der Waals surface area contributed by atoms with Crippen LogP contribution in [0.4, 0.5) is 11.4 Å². The Morgan fingerprint density at radius 2 is 2.10 bits per heavy atom. The van der Waals surface area contributed by atoms with Gasteiger partial charge in [-0.25, -0.2) is 9.78 Å². The number of hydrogen-bond acceptors (Lipinski definition) is 5. The second kappa shape index (κ2) is 5.71. The quantitative estimate of drug-likeness (QED) is 0.884. The molecule has 20 heavy (non-hydrogen) atoms. The Bertz CT molecular complexity index is 692. The van der Waals surface area contributed by atoms with E-state index in [1.165, 1.54) is 19.4 Å². The van der Waals surface area contributed by atoms with Crippen LogP contribution in [0.2, 0.25) is 0 Å². The highest BCUT2D eigenvalue weighted by Crippen LogP contribution is 2.25. The van der Waals surface area contributed by atoms with E-state index < -0.39 is 5.97 Å². The van der Waals surface area contributed by atoms with Crippen LogP contribution in [0.5, 0.6) is 5.75 Å². The van der Waals surface area contributed by atoms with E-state index in [2.05, 4.69) is 10.3 Å². The van der Waals surface area contributed by atoms with Gasteiger partial charge in [0.05, 0.1) is 7.11 Å². The number of aromatic nitrogens is 1. The summed E-state index contributed by atoms with van der Waals surface area (Å²) in [6.45, 7) is 0. The van der Waals surface area contributed by atoms with Crippen molar-refractivity contribution in [2.45, 2.75) is 0 Å². The number of aromatic carboxylic acids is 1. The maximum Gasteiger partial charge on any atom is 0.339 e. The van der Waals surface area contributed by atoms with Crippen molar-refractivity contribution in [1.82, 2.24) is 4.98 Å². The number of hydrogen-bond donors (Lipinski definition) is 2. The maximum atomic E-state index is 11.0. The van der Waals surface area contributed by atoms with Crippen molar-refractivity contribution in [3.63, 3.8) is 0 Å². The van der Waals surface area contributed by atoms with Crippen molar-refractivity contribution in [2.24, 2.45) is 0 Å². The highest BCUT2D eigenvalue weighted by atomic mass is 16.5. The molecule has 2 N–H and O–H groups in total. The minimum atomic E-state index is -1.05. The number of pyridine rings is 1. The third kappa shape index (κ3) is 2.84. The molecule has 2 rings (SSSR count). The number of benzene rings is 1. The highest BCUT2D eigenvalue weighted by molar-refractivity contribution is 5.91. The zero-order valence-corrected chi connectivity index (χ0v) is 10.6. The Kier molecular flexibility index (Phi) is 3.82. The first kappa shape index (κ1) is 13.4. The van der Waals surface area contributed by atoms with Gasteiger partial charge in [0.2, 0.25) is 0 Å². The fourth-order valence-electron chi connectivity index (χ4n) is 1.68. The molecule has 0 spiro atoms. The van der Waals surface area contributed by atoms with E-state index in [0.29, 0.717) is 17.1 Å². The number of nitrogens with one attached hydrogen (secondary N) is 1. The smallest absolute Gasteiger partial charge is 0.339 e. The molecule has 0 fully saturated rings. The zero-order chi connectivity index (χ0) is 14.5. The Morgan fingerprint density at radius 3 is 2.75 bits per heavy atom. The first-order valence-electron chi connectivity index (χ1n) is 5.68. The second-order valence-electron chi connectivity index (χ2n) is 3.89. The third-order valence-corrected chi connectivity index (χ3v) is 2.60. The molecule has 6 nitrogen and oxygen atoms in total. The molecule has 0 aliphatic rings. The maximum absolute atomic E-state index is 11.0. The molecule has 0 unspecified atom stereocenters. The fourth-order valence-corrected chi connectivity index (χ4v) is 1.68. The number of carboxylic acid groups (broad SMARTS) is 1. The normalized spacial score (nSPS) is 9.60. The molecule has 0 amide bonds. The van der Waals surface area contributed by atoms with Gasteiger partial charge < -0.3 is 15.2 Å². The number of carbonyl (C=O) groups is 1. The summed E-state index contributed by atoms with van der Waals surface area (Å²) in [5, 5.41) is 20.8. The molecule has 0 radical (unpaired) electrons. The number of anilines is 2. The number of rotatable bonds is 4. The van der Waals surface area contributed by atoms with Crippen molar-refractivity contribution < 1.29 is 14.6 Å². The van der Waals surface area contributed by atoms with Crippen LogP contribution in [-0.2, 0) is 0 Å². The summed E-state index contributed by atoms with van der Waals surface area (Å²) in [4.78, 5) is 14.9. The second-order valence-corrected chi connectivity index (χ2v) is 3.89. The van der Waals surface area contributed by atoms with Crippen LogP contribution >= 0.6 is 0 Å². The highest BCUT2D eigenvalue weighted by Gasteiger charge is 2.11. The third-order valence-electron chi connectivity index (χ3n) is 2.60. The van der Waals surface area contributed by atoms with Gasteiger partial charge in [-0.05, 0) is 24.3 Å². The van der Waals surface area contributed by atoms with Crippen LogP contribution in [-0.4, -0.2) is 23.2 Å². The molecule has 0 aliphatic carbocycles. The predicted molar refractivity (Wildman–Crippen MR) is 72.2 cm³/mol. The molecule has 0 saturated heterocycles. The number of nitrogens with zero attached hydrogens (tertiary/aromatic N) is 2. The van der Waals surface area contributed by atoms with E-state index in [-0.39, 0.29) is 11.3 Å². The van der Waals surface area contributed by atoms with Gasteiger partial charge in [-0.15, -0.1) is 0 Å². The fraction of sp³-hybridized carbons (Fsp3) is 0.0714. The predicted octanol–water partition coefficient (Wildman–Crippen LogP) is 2.40. The molecular weight excluding hydrogens is 258 g/mol. The SMILES string of the molecule is COc1cc(Nc2ccnc(C#N)c2)ccc1C(=O)O. The molecule has 100 valence electrons. The minimum absolute atomic E-state index is 0.0884. The molecule has 0 aliphatic heterocycles. The monoisotopic (exact) mass is 269 g/mol. The van der Waals surface area contributed by atoms with E-state index >= 15 is 0 Å². The summed E-state index contributed by atoms with van der Waals surface area (Å²) in [6, 6.07) is 9.90. The molecule has 2 aromatic rings. The summed E-state index contributed by atoms with van der Waals surface area (Å²) >= 11 is 0. The van der Waals surface area contributed by atoms with E-state index in [1.54, 1.807) is 24.3 Å². The van der Waals surface area contributed by atoms with Gasteiger partial charge in [-0.2, -0.15) is 5.26 Å². The summed E-state index contributed by atoms with van der Waals surface area (Å²) in [7, 11) is 1.41. The van der Waals surface area contributed by atoms with Crippen LogP contribution in [0.3, 0.4) is 0 Å².